The van der Waals surface area contributed by atoms with Crippen molar-refractivity contribution in [1.82, 2.24) is 19.6 Å². The summed E-state index contributed by atoms with van der Waals surface area (Å²) >= 11 is 0. The molecule has 176 valence electrons. The molecule has 0 unspecified atom stereocenters. The lowest BCUT2D eigenvalue weighted by Gasteiger charge is -2.37. The van der Waals surface area contributed by atoms with E-state index < -0.39 is 0 Å². The number of primary amides is 1. The zero-order valence-electron chi connectivity index (χ0n) is 19.4. The summed E-state index contributed by atoms with van der Waals surface area (Å²) in [5, 5.41) is 4.09. The summed E-state index contributed by atoms with van der Waals surface area (Å²) in [5.74, 6) is -0.375. The molecule has 2 aliphatic rings. The second kappa shape index (κ2) is 9.74. The van der Waals surface area contributed by atoms with Crippen LogP contribution in [0.25, 0.3) is 0 Å². The van der Waals surface area contributed by atoms with Crippen molar-refractivity contribution in [3.63, 3.8) is 0 Å². The van der Waals surface area contributed by atoms with Gasteiger partial charge in [-0.15, -0.1) is 0 Å². The number of rotatable bonds is 5. The Balaban J connectivity index is 1.37. The number of amides is 2. The molecule has 0 saturated carbocycles. The third-order valence-corrected chi connectivity index (χ3v) is 6.66. The number of carbonyl (C=O) groups is 3. The molecule has 3 heterocycles. The van der Waals surface area contributed by atoms with E-state index in [1.165, 1.54) is 28.4 Å². The number of carbonyl (C=O) groups excluding carboxylic acids is 3. The molecule has 2 fully saturated rings. The summed E-state index contributed by atoms with van der Waals surface area (Å²) in [6.07, 6.45) is 3.13. The van der Waals surface area contributed by atoms with E-state index in [1.807, 2.05) is 0 Å². The first-order valence-electron chi connectivity index (χ1n) is 11.5. The number of hydrogen-bond donors (Lipinski definition) is 1. The Hall–Kier alpha value is -3.20. The SMILES string of the molecule is CC(=O)c1ccn(C(=O)N2CCN(Cc3ccc(C)cc3N3CCC(C(N)=O)CC3)CC2)n1. The minimum Gasteiger partial charge on any atom is -0.371 e. The molecule has 2 aromatic rings. The minimum atomic E-state index is -0.199. The van der Waals surface area contributed by atoms with E-state index in [1.54, 1.807) is 17.2 Å². The van der Waals surface area contributed by atoms with E-state index >= 15 is 0 Å². The fourth-order valence-electron chi connectivity index (χ4n) is 4.61. The summed E-state index contributed by atoms with van der Waals surface area (Å²) in [6.45, 7) is 8.77. The number of aryl methyl sites for hydroxylation is 1. The van der Waals surface area contributed by atoms with Crippen LogP contribution in [0, 0.1) is 12.8 Å². The molecule has 33 heavy (non-hydrogen) atoms. The second-order valence-electron chi connectivity index (χ2n) is 9.04. The number of anilines is 1. The predicted molar refractivity (Wildman–Crippen MR) is 125 cm³/mol. The van der Waals surface area contributed by atoms with Crippen LogP contribution in [-0.4, -0.2) is 76.6 Å². The van der Waals surface area contributed by atoms with Gasteiger partial charge in [-0.3, -0.25) is 14.5 Å². The van der Waals surface area contributed by atoms with Gasteiger partial charge in [-0.1, -0.05) is 12.1 Å². The number of nitrogens with two attached hydrogens (primary N) is 1. The Labute approximate surface area is 194 Å². The van der Waals surface area contributed by atoms with Crippen molar-refractivity contribution in [2.24, 2.45) is 11.7 Å². The van der Waals surface area contributed by atoms with Gasteiger partial charge < -0.3 is 15.5 Å². The van der Waals surface area contributed by atoms with Gasteiger partial charge in [-0.05, 0) is 43.0 Å². The van der Waals surface area contributed by atoms with Gasteiger partial charge in [0.2, 0.25) is 5.91 Å². The number of piperazine rings is 1. The van der Waals surface area contributed by atoms with E-state index in [9.17, 15) is 14.4 Å². The molecule has 2 amide bonds. The molecule has 1 aromatic heterocycles. The zero-order valence-corrected chi connectivity index (χ0v) is 19.4. The van der Waals surface area contributed by atoms with Crippen molar-refractivity contribution >= 4 is 23.4 Å². The number of aromatic nitrogens is 2. The van der Waals surface area contributed by atoms with Gasteiger partial charge in [0, 0.05) is 70.5 Å². The standard InChI is InChI=1S/C24H32N6O3/c1-17-3-4-20(22(15-17)28-8-5-19(6-9-28)23(25)32)16-27-11-13-29(14-12-27)24(33)30-10-7-21(26-30)18(2)31/h3-4,7,10,15,19H,5-6,8-9,11-14,16H2,1-2H3,(H2,25,32). The van der Waals surface area contributed by atoms with Gasteiger partial charge in [0.1, 0.15) is 5.69 Å². The van der Waals surface area contributed by atoms with E-state index in [0.717, 1.165) is 45.6 Å². The van der Waals surface area contributed by atoms with Gasteiger partial charge in [0.05, 0.1) is 0 Å². The lowest BCUT2D eigenvalue weighted by molar-refractivity contribution is -0.122. The zero-order chi connectivity index (χ0) is 23.5. The minimum absolute atomic E-state index is 0.0264. The van der Waals surface area contributed by atoms with Crippen molar-refractivity contribution in [2.45, 2.75) is 33.2 Å². The number of piperidine rings is 1. The second-order valence-corrected chi connectivity index (χ2v) is 9.04. The van der Waals surface area contributed by atoms with Crippen molar-refractivity contribution in [2.75, 3.05) is 44.2 Å². The van der Waals surface area contributed by atoms with Crippen LogP contribution in [0.4, 0.5) is 10.5 Å². The summed E-state index contributed by atoms with van der Waals surface area (Å²) in [6, 6.07) is 7.93. The highest BCUT2D eigenvalue weighted by Gasteiger charge is 2.27. The summed E-state index contributed by atoms with van der Waals surface area (Å²) < 4.78 is 1.25. The maximum absolute atomic E-state index is 12.7. The summed E-state index contributed by atoms with van der Waals surface area (Å²) in [4.78, 5) is 42.2. The Kier molecular flexibility index (Phi) is 6.78. The quantitative estimate of drug-likeness (QED) is 0.695. The molecular formula is C24H32N6O3. The average Bonchev–Trinajstić information content (AvgIpc) is 3.31. The number of hydrogen-bond acceptors (Lipinski definition) is 6. The van der Waals surface area contributed by atoms with Crippen LogP contribution in [0.3, 0.4) is 0 Å². The third-order valence-electron chi connectivity index (χ3n) is 6.66. The van der Waals surface area contributed by atoms with Crippen LogP contribution >= 0.6 is 0 Å². The van der Waals surface area contributed by atoms with Gasteiger partial charge in [-0.25, -0.2) is 4.79 Å². The predicted octanol–water partition coefficient (Wildman–Crippen LogP) is 1.88. The average molecular weight is 453 g/mol. The molecule has 9 nitrogen and oxygen atoms in total. The van der Waals surface area contributed by atoms with E-state index in [-0.39, 0.29) is 23.6 Å². The lowest BCUT2D eigenvalue weighted by Crippen LogP contribution is -2.49. The van der Waals surface area contributed by atoms with Crippen LogP contribution in [-0.2, 0) is 11.3 Å². The van der Waals surface area contributed by atoms with Crippen molar-refractivity contribution < 1.29 is 14.4 Å². The molecular weight excluding hydrogens is 420 g/mol. The first-order chi connectivity index (χ1) is 15.8. The van der Waals surface area contributed by atoms with Gasteiger partial charge >= 0.3 is 6.03 Å². The number of ketones is 1. The highest BCUT2D eigenvalue weighted by atomic mass is 16.2. The van der Waals surface area contributed by atoms with E-state index in [4.69, 9.17) is 5.73 Å². The van der Waals surface area contributed by atoms with Gasteiger partial charge in [0.25, 0.3) is 0 Å². The van der Waals surface area contributed by atoms with Gasteiger partial charge in [0.15, 0.2) is 5.78 Å². The molecule has 2 N–H and O–H groups in total. The number of nitrogens with zero attached hydrogens (tertiary/aromatic N) is 5. The molecule has 0 spiro atoms. The van der Waals surface area contributed by atoms with Crippen LogP contribution < -0.4 is 10.6 Å². The van der Waals surface area contributed by atoms with Crippen molar-refractivity contribution in [3.8, 4) is 0 Å². The van der Waals surface area contributed by atoms with E-state index in [2.05, 4.69) is 40.0 Å². The lowest BCUT2D eigenvalue weighted by atomic mass is 9.95. The molecule has 0 atom stereocenters. The highest BCUT2D eigenvalue weighted by molar-refractivity contribution is 5.92. The normalized spacial score (nSPS) is 17.9. The third kappa shape index (κ3) is 5.24. The summed E-state index contributed by atoms with van der Waals surface area (Å²) in [7, 11) is 0. The Bertz CT molecular complexity index is 1030. The number of benzene rings is 1. The monoisotopic (exact) mass is 452 g/mol. The first kappa shape index (κ1) is 23.0. The van der Waals surface area contributed by atoms with E-state index in [0.29, 0.717) is 18.8 Å². The smallest absolute Gasteiger partial charge is 0.344 e. The molecule has 9 heteroatoms. The maximum Gasteiger partial charge on any atom is 0.344 e. The Morgan fingerprint density at radius 2 is 1.73 bits per heavy atom. The Morgan fingerprint density at radius 1 is 1.03 bits per heavy atom. The first-order valence-corrected chi connectivity index (χ1v) is 11.5. The fourth-order valence-corrected chi connectivity index (χ4v) is 4.61. The maximum atomic E-state index is 12.7. The molecule has 0 radical (unpaired) electrons. The van der Waals surface area contributed by atoms with Crippen LogP contribution in [0.5, 0.6) is 0 Å². The number of Topliss-reactive ketones (excluding diaryl/α,β-unsaturated/α-hetero) is 1. The molecule has 4 rings (SSSR count). The summed E-state index contributed by atoms with van der Waals surface area (Å²) in [5.41, 5.74) is 9.50. The van der Waals surface area contributed by atoms with Crippen LogP contribution in [0.2, 0.25) is 0 Å². The van der Waals surface area contributed by atoms with Crippen LogP contribution in [0.15, 0.2) is 30.5 Å². The molecule has 2 aliphatic heterocycles. The molecule has 0 aliphatic carbocycles. The van der Waals surface area contributed by atoms with Crippen molar-refractivity contribution in [3.05, 3.63) is 47.3 Å². The molecule has 1 aromatic carbocycles. The van der Waals surface area contributed by atoms with Crippen molar-refractivity contribution in [1.29, 1.82) is 0 Å². The molecule has 2 saturated heterocycles. The Morgan fingerprint density at radius 3 is 2.33 bits per heavy atom. The topological polar surface area (TPSA) is 105 Å². The largest absolute Gasteiger partial charge is 0.371 e. The highest BCUT2D eigenvalue weighted by Crippen LogP contribution is 2.28. The fraction of sp³-hybridized carbons (Fsp3) is 0.500. The van der Waals surface area contributed by atoms with Crippen LogP contribution in [0.1, 0.15) is 41.4 Å². The molecule has 0 bridgehead atoms. The van der Waals surface area contributed by atoms with Gasteiger partial charge in [-0.2, -0.15) is 9.78 Å².